The molecule has 3 nitrogen and oxygen atoms in total. The van der Waals surface area contributed by atoms with E-state index in [-0.39, 0.29) is 12.1 Å². The second kappa shape index (κ2) is 7.45. The van der Waals surface area contributed by atoms with Crippen molar-refractivity contribution in [2.75, 3.05) is 37.6 Å². The van der Waals surface area contributed by atoms with E-state index in [2.05, 4.69) is 4.90 Å². The van der Waals surface area contributed by atoms with Crippen LogP contribution in [0.1, 0.15) is 17.2 Å². The average molecular weight is 350 g/mol. The Hall–Kier alpha value is -2.05. The molecule has 1 heterocycles. The van der Waals surface area contributed by atoms with Gasteiger partial charge in [-0.15, -0.1) is 0 Å². The summed E-state index contributed by atoms with van der Waals surface area (Å²) in [5.41, 5.74) is 0.330. The van der Waals surface area contributed by atoms with Gasteiger partial charge in [0.2, 0.25) is 0 Å². The third-order valence-electron chi connectivity index (χ3n) is 4.55. The summed E-state index contributed by atoms with van der Waals surface area (Å²) in [5.74, 6) is 0. The number of piperazine rings is 1. The maximum absolute atomic E-state index is 13.1. The van der Waals surface area contributed by atoms with Crippen molar-refractivity contribution in [2.45, 2.75) is 12.3 Å². The molecule has 0 amide bonds. The zero-order chi connectivity index (χ0) is 17.9. The van der Waals surface area contributed by atoms with Crippen LogP contribution in [0.5, 0.6) is 0 Å². The Morgan fingerprint density at radius 2 is 1.48 bits per heavy atom. The van der Waals surface area contributed by atoms with Crippen LogP contribution < -0.4 is 4.90 Å². The molecule has 134 valence electrons. The number of rotatable bonds is 4. The average Bonchev–Trinajstić information content (AvgIpc) is 2.62. The first-order chi connectivity index (χ1) is 11.9. The molecule has 1 N–H and O–H groups in total. The van der Waals surface area contributed by atoms with Crippen LogP contribution in [0.4, 0.5) is 18.9 Å². The molecule has 0 spiro atoms. The molecule has 0 aliphatic carbocycles. The highest BCUT2D eigenvalue weighted by Gasteiger charge is 2.35. The standard InChI is InChI=1S/C19H21F3N2O/c20-19(21,22)17-9-5-4-8-16(17)18(25)14-23-10-12-24(13-11-23)15-6-2-1-3-7-15/h1-9,18,25H,10-14H2/t18-/m1/s1. The fraction of sp³-hybridized carbons (Fsp3) is 0.368. The highest BCUT2D eigenvalue weighted by atomic mass is 19.4. The number of para-hydroxylation sites is 1. The molecule has 2 aromatic carbocycles. The third-order valence-corrected chi connectivity index (χ3v) is 4.55. The predicted molar refractivity (Wildman–Crippen MR) is 91.5 cm³/mol. The normalized spacial score (nSPS) is 17.5. The molecule has 2 aromatic rings. The van der Waals surface area contributed by atoms with E-state index < -0.39 is 17.8 Å². The maximum atomic E-state index is 13.1. The molecular weight excluding hydrogens is 329 g/mol. The second-order valence-electron chi connectivity index (χ2n) is 6.22. The van der Waals surface area contributed by atoms with Crippen LogP contribution in [0.25, 0.3) is 0 Å². The summed E-state index contributed by atoms with van der Waals surface area (Å²) in [5, 5.41) is 10.3. The van der Waals surface area contributed by atoms with Gasteiger partial charge >= 0.3 is 6.18 Å². The Kier molecular flexibility index (Phi) is 5.30. The molecule has 1 aliphatic heterocycles. The van der Waals surface area contributed by atoms with Crippen LogP contribution in [0.3, 0.4) is 0 Å². The van der Waals surface area contributed by atoms with Gasteiger partial charge in [-0.3, -0.25) is 4.90 Å². The number of aliphatic hydroxyl groups excluding tert-OH is 1. The molecule has 1 aliphatic rings. The number of halogens is 3. The number of hydrogen-bond acceptors (Lipinski definition) is 3. The molecule has 0 radical (unpaired) electrons. The third kappa shape index (κ3) is 4.32. The second-order valence-corrected chi connectivity index (χ2v) is 6.22. The number of aliphatic hydroxyl groups is 1. The molecule has 6 heteroatoms. The molecule has 0 bridgehead atoms. The summed E-state index contributed by atoms with van der Waals surface area (Å²) in [6, 6.07) is 15.3. The molecule has 3 rings (SSSR count). The predicted octanol–water partition coefficient (Wildman–Crippen LogP) is 3.56. The number of hydrogen-bond donors (Lipinski definition) is 1. The van der Waals surface area contributed by atoms with Crippen LogP contribution >= 0.6 is 0 Å². The number of β-amino-alcohol motifs (C(OH)–C–C–N with tert-alkyl or cyclic N) is 1. The largest absolute Gasteiger partial charge is 0.416 e. The van der Waals surface area contributed by atoms with Crippen molar-refractivity contribution in [3.8, 4) is 0 Å². The molecular formula is C19H21F3N2O. The topological polar surface area (TPSA) is 26.7 Å². The first-order valence-corrected chi connectivity index (χ1v) is 8.31. The van der Waals surface area contributed by atoms with Crippen LogP contribution in [0, 0.1) is 0 Å². The Morgan fingerprint density at radius 1 is 0.880 bits per heavy atom. The zero-order valence-electron chi connectivity index (χ0n) is 13.8. The summed E-state index contributed by atoms with van der Waals surface area (Å²) < 4.78 is 39.3. The van der Waals surface area contributed by atoms with E-state index >= 15 is 0 Å². The SMILES string of the molecule is O[C@H](CN1CCN(c2ccccc2)CC1)c1ccccc1C(F)(F)F. The van der Waals surface area contributed by atoms with E-state index in [0.717, 1.165) is 24.8 Å². The van der Waals surface area contributed by atoms with E-state index in [9.17, 15) is 18.3 Å². The number of alkyl halides is 3. The molecule has 0 unspecified atom stereocenters. The van der Waals surface area contributed by atoms with Crippen molar-refractivity contribution in [3.63, 3.8) is 0 Å². The van der Waals surface area contributed by atoms with Gasteiger partial charge in [-0.25, -0.2) is 0 Å². The van der Waals surface area contributed by atoms with Crippen molar-refractivity contribution in [3.05, 3.63) is 65.7 Å². The summed E-state index contributed by atoms with van der Waals surface area (Å²) in [6.45, 7) is 3.20. The molecule has 0 aromatic heterocycles. The lowest BCUT2D eigenvalue weighted by Gasteiger charge is -2.37. The Morgan fingerprint density at radius 3 is 2.12 bits per heavy atom. The van der Waals surface area contributed by atoms with E-state index in [1.807, 2.05) is 35.2 Å². The van der Waals surface area contributed by atoms with Crippen molar-refractivity contribution in [1.82, 2.24) is 4.90 Å². The van der Waals surface area contributed by atoms with E-state index in [1.165, 1.54) is 18.2 Å². The van der Waals surface area contributed by atoms with Gasteiger partial charge in [0.25, 0.3) is 0 Å². The molecule has 1 fully saturated rings. The minimum atomic E-state index is -4.45. The smallest absolute Gasteiger partial charge is 0.387 e. The van der Waals surface area contributed by atoms with Crippen molar-refractivity contribution in [1.29, 1.82) is 0 Å². The van der Waals surface area contributed by atoms with E-state index in [4.69, 9.17) is 0 Å². The van der Waals surface area contributed by atoms with Gasteiger partial charge in [-0.1, -0.05) is 36.4 Å². The van der Waals surface area contributed by atoms with Crippen LogP contribution in [0.2, 0.25) is 0 Å². The molecule has 0 saturated carbocycles. The van der Waals surface area contributed by atoms with Crippen LogP contribution in [-0.4, -0.2) is 42.7 Å². The lowest BCUT2D eigenvalue weighted by Crippen LogP contribution is -2.47. The van der Waals surface area contributed by atoms with E-state index in [1.54, 1.807) is 0 Å². The number of anilines is 1. The van der Waals surface area contributed by atoms with Gasteiger partial charge < -0.3 is 10.0 Å². The fourth-order valence-corrected chi connectivity index (χ4v) is 3.22. The van der Waals surface area contributed by atoms with Gasteiger partial charge in [0.05, 0.1) is 11.7 Å². The minimum absolute atomic E-state index is 0.0551. The van der Waals surface area contributed by atoms with Gasteiger partial charge in [0, 0.05) is 38.4 Å². The van der Waals surface area contributed by atoms with Crippen molar-refractivity contribution < 1.29 is 18.3 Å². The van der Waals surface area contributed by atoms with Crippen molar-refractivity contribution >= 4 is 5.69 Å². The number of nitrogens with zero attached hydrogens (tertiary/aromatic N) is 2. The Labute approximate surface area is 145 Å². The monoisotopic (exact) mass is 350 g/mol. The summed E-state index contributed by atoms with van der Waals surface area (Å²) >= 11 is 0. The first-order valence-electron chi connectivity index (χ1n) is 8.31. The summed E-state index contributed by atoms with van der Waals surface area (Å²) in [4.78, 5) is 4.25. The Balaban J connectivity index is 1.61. The maximum Gasteiger partial charge on any atom is 0.416 e. The summed E-state index contributed by atoms with van der Waals surface area (Å²) in [6.07, 6.45) is -5.61. The summed E-state index contributed by atoms with van der Waals surface area (Å²) in [7, 11) is 0. The molecule has 1 atom stereocenters. The minimum Gasteiger partial charge on any atom is -0.387 e. The lowest BCUT2D eigenvalue weighted by molar-refractivity contribution is -0.139. The fourth-order valence-electron chi connectivity index (χ4n) is 3.22. The highest BCUT2D eigenvalue weighted by Crippen LogP contribution is 2.34. The van der Waals surface area contributed by atoms with E-state index in [0.29, 0.717) is 13.1 Å². The van der Waals surface area contributed by atoms with Gasteiger partial charge in [0.1, 0.15) is 0 Å². The van der Waals surface area contributed by atoms with Gasteiger partial charge in [-0.05, 0) is 23.8 Å². The first kappa shape index (κ1) is 17.8. The lowest BCUT2D eigenvalue weighted by atomic mass is 10.0. The molecule has 1 saturated heterocycles. The van der Waals surface area contributed by atoms with Gasteiger partial charge in [0.15, 0.2) is 0 Å². The highest BCUT2D eigenvalue weighted by molar-refractivity contribution is 5.46. The van der Waals surface area contributed by atoms with Crippen LogP contribution in [-0.2, 0) is 6.18 Å². The number of benzene rings is 2. The van der Waals surface area contributed by atoms with Gasteiger partial charge in [-0.2, -0.15) is 13.2 Å². The van der Waals surface area contributed by atoms with Crippen LogP contribution in [0.15, 0.2) is 54.6 Å². The zero-order valence-corrected chi connectivity index (χ0v) is 13.8. The quantitative estimate of drug-likeness (QED) is 0.913. The van der Waals surface area contributed by atoms with Crippen molar-refractivity contribution in [2.24, 2.45) is 0 Å². The molecule has 25 heavy (non-hydrogen) atoms. The Bertz CT molecular complexity index is 683.